The van der Waals surface area contributed by atoms with E-state index in [0.717, 1.165) is 0 Å². The van der Waals surface area contributed by atoms with E-state index in [1.54, 1.807) is 32.4 Å². The molecule has 0 saturated carbocycles. The van der Waals surface area contributed by atoms with Crippen LogP contribution in [0.25, 0.3) is 10.3 Å². The van der Waals surface area contributed by atoms with Crippen LogP contribution in [0.3, 0.4) is 0 Å². The van der Waals surface area contributed by atoms with E-state index in [1.165, 1.54) is 18.4 Å². The van der Waals surface area contributed by atoms with Crippen molar-refractivity contribution in [1.82, 2.24) is 9.97 Å². The third-order valence-electron chi connectivity index (χ3n) is 4.70. The number of thiazole rings is 1. The van der Waals surface area contributed by atoms with Crippen molar-refractivity contribution in [1.29, 1.82) is 5.26 Å². The Labute approximate surface area is 169 Å². The number of pyridine rings is 1. The monoisotopic (exact) mass is 411 g/mol. The van der Waals surface area contributed by atoms with Gasteiger partial charge >= 0.3 is 0 Å². The van der Waals surface area contributed by atoms with Gasteiger partial charge < -0.3 is 30.2 Å². The number of nitrogens with zero attached hydrogens (tertiary/aromatic N) is 2. The van der Waals surface area contributed by atoms with E-state index in [0.29, 0.717) is 38.3 Å². The summed E-state index contributed by atoms with van der Waals surface area (Å²) in [7, 11) is 4.78. The minimum absolute atomic E-state index is 0.0609. The fourth-order valence-corrected chi connectivity index (χ4v) is 4.24. The number of aromatic amines is 1. The third kappa shape index (κ3) is 2.83. The number of nitrogens with one attached hydrogen (secondary N) is 2. The summed E-state index contributed by atoms with van der Waals surface area (Å²) in [5.74, 6) is 0.510. The fraction of sp³-hybridized carbons (Fsp3) is 0.211. The first-order valence-electron chi connectivity index (χ1n) is 8.56. The van der Waals surface area contributed by atoms with Gasteiger partial charge in [-0.3, -0.25) is 4.79 Å². The number of allylic oxidation sites excluding steroid dienone is 1. The van der Waals surface area contributed by atoms with Crippen LogP contribution in [-0.2, 0) is 0 Å². The van der Waals surface area contributed by atoms with Crippen LogP contribution in [0.15, 0.2) is 34.4 Å². The van der Waals surface area contributed by atoms with Gasteiger partial charge in [0.15, 0.2) is 16.5 Å². The van der Waals surface area contributed by atoms with Gasteiger partial charge in [0.25, 0.3) is 5.56 Å². The van der Waals surface area contributed by atoms with Gasteiger partial charge in [-0.2, -0.15) is 5.26 Å². The molecule has 0 saturated heterocycles. The Morgan fingerprint density at radius 2 is 2.17 bits per heavy atom. The number of anilines is 1. The fourth-order valence-electron chi connectivity index (χ4n) is 3.37. The molecule has 9 nitrogen and oxygen atoms in total. The molecule has 148 valence electrons. The second-order valence-corrected chi connectivity index (χ2v) is 7.18. The van der Waals surface area contributed by atoms with Gasteiger partial charge in [0.1, 0.15) is 27.8 Å². The molecule has 10 heteroatoms. The van der Waals surface area contributed by atoms with Crippen LogP contribution in [0, 0.1) is 11.3 Å². The molecule has 1 aliphatic heterocycles. The molecule has 4 rings (SSSR count). The molecule has 1 atom stereocenters. The standard InChI is InChI=1S/C19H17N5O4S/c1-22-19-24-17-15(29-19)14-13(18(25)23-17)12(10(7-20)16(21)28-14)9-5-4-8(26-2)6-11(9)27-3/h4-6,12H,21H2,1-3H3,(H2,22,23,24,25). The lowest BCUT2D eigenvalue weighted by Crippen LogP contribution is -2.28. The smallest absolute Gasteiger partial charge is 0.257 e. The highest BCUT2D eigenvalue weighted by Gasteiger charge is 2.37. The minimum Gasteiger partial charge on any atom is -0.497 e. The first-order chi connectivity index (χ1) is 14.0. The second kappa shape index (κ2) is 7.03. The Bertz CT molecular complexity index is 1250. The quantitative estimate of drug-likeness (QED) is 0.595. The van der Waals surface area contributed by atoms with Crippen LogP contribution in [0.5, 0.6) is 17.2 Å². The number of aromatic nitrogens is 2. The van der Waals surface area contributed by atoms with Crippen LogP contribution in [0.1, 0.15) is 17.0 Å². The molecule has 1 unspecified atom stereocenters. The highest BCUT2D eigenvalue weighted by Crippen LogP contribution is 2.47. The zero-order chi connectivity index (χ0) is 20.7. The number of rotatable bonds is 4. The van der Waals surface area contributed by atoms with E-state index >= 15 is 0 Å². The van der Waals surface area contributed by atoms with Gasteiger partial charge in [0.2, 0.25) is 5.88 Å². The number of methoxy groups -OCH3 is 2. The number of ether oxygens (including phenoxy) is 3. The molecule has 3 heterocycles. The molecule has 0 fully saturated rings. The van der Waals surface area contributed by atoms with Crippen LogP contribution in [-0.4, -0.2) is 31.2 Å². The summed E-state index contributed by atoms with van der Waals surface area (Å²) < 4.78 is 17.1. The molecule has 1 aliphatic rings. The van der Waals surface area contributed by atoms with E-state index in [2.05, 4.69) is 21.4 Å². The first kappa shape index (κ1) is 18.6. The van der Waals surface area contributed by atoms with Gasteiger partial charge in [-0.15, -0.1) is 0 Å². The lowest BCUT2D eigenvalue weighted by Gasteiger charge is -2.26. The van der Waals surface area contributed by atoms with Gasteiger partial charge in [0.05, 0.1) is 25.7 Å². The van der Waals surface area contributed by atoms with Crippen molar-refractivity contribution in [2.75, 3.05) is 26.6 Å². The maximum atomic E-state index is 13.0. The third-order valence-corrected chi connectivity index (χ3v) is 5.77. The van der Waals surface area contributed by atoms with E-state index in [9.17, 15) is 10.1 Å². The predicted octanol–water partition coefficient (Wildman–Crippen LogP) is 2.26. The average molecular weight is 411 g/mol. The van der Waals surface area contributed by atoms with Crippen molar-refractivity contribution in [3.63, 3.8) is 0 Å². The van der Waals surface area contributed by atoms with Gasteiger partial charge in [-0.25, -0.2) is 4.98 Å². The van der Waals surface area contributed by atoms with Gasteiger partial charge in [-0.1, -0.05) is 17.4 Å². The predicted molar refractivity (Wildman–Crippen MR) is 109 cm³/mol. The molecule has 29 heavy (non-hydrogen) atoms. The topological polar surface area (TPSA) is 135 Å². The maximum Gasteiger partial charge on any atom is 0.257 e. The summed E-state index contributed by atoms with van der Waals surface area (Å²) in [6.07, 6.45) is 0. The Kier molecular flexibility index (Phi) is 4.52. The van der Waals surface area contributed by atoms with Crippen molar-refractivity contribution >= 4 is 26.8 Å². The summed E-state index contributed by atoms with van der Waals surface area (Å²) in [6.45, 7) is 0. The van der Waals surface area contributed by atoms with Crippen molar-refractivity contribution in [2.24, 2.45) is 5.73 Å². The molecule has 0 spiro atoms. The van der Waals surface area contributed by atoms with Crippen molar-refractivity contribution in [3.8, 4) is 23.3 Å². The van der Waals surface area contributed by atoms with Gasteiger partial charge in [-0.05, 0) is 6.07 Å². The van der Waals surface area contributed by atoms with Crippen LogP contribution in [0.2, 0.25) is 0 Å². The van der Waals surface area contributed by atoms with Gasteiger partial charge in [0, 0.05) is 18.7 Å². The lowest BCUT2D eigenvalue weighted by atomic mass is 9.83. The number of nitriles is 1. The zero-order valence-electron chi connectivity index (χ0n) is 15.8. The molecule has 2 aromatic heterocycles. The number of nitrogens with two attached hydrogens (primary N) is 1. The van der Waals surface area contributed by atoms with Crippen molar-refractivity contribution in [3.05, 3.63) is 51.1 Å². The van der Waals surface area contributed by atoms with E-state index in [1.807, 2.05) is 0 Å². The zero-order valence-corrected chi connectivity index (χ0v) is 16.6. The molecular formula is C19H17N5O4S. The number of H-pyrrole nitrogens is 1. The number of hydrogen-bond donors (Lipinski definition) is 3. The summed E-state index contributed by atoms with van der Waals surface area (Å²) in [5.41, 5.74) is 7.06. The molecule has 0 aliphatic carbocycles. The molecule has 0 amide bonds. The first-order valence-corrected chi connectivity index (χ1v) is 9.38. The van der Waals surface area contributed by atoms with Crippen LogP contribution in [0.4, 0.5) is 5.13 Å². The van der Waals surface area contributed by atoms with E-state index in [-0.39, 0.29) is 17.0 Å². The SMILES string of the molecule is CNc1nc2[nH]c(=O)c3c(c2s1)OC(N)=C(C#N)C3c1ccc(OC)cc1OC. The normalized spacial score (nSPS) is 15.4. The Morgan fingerprint density at radius 1 is 1.38 bits per heavy atom. The summed E-state index contributed by atoms with van der Waals surface area (Å²) in [4.78, 5) is 20.1. The highest BCUT2D eigenvalue weighted by atomic mass is 32.1. The Morgan fingerprint density at radius 3 is 2.83 bits per heavy atom. The molecule has 0 bridgehead atoms. The molecule has 4 N–H and O–H groups in total. The van der Waals surface area contributed by atoms with E-state index in [4.69, 9.17) is 19.9 Å². The summed E-state index contributed by atoms with van der Waals surface area (Å²) >= 11 is 1.32. The Balaban J connectivity index is 2.05. The average Bonchev–Trinajstić information content (AvgIpc) is 3.15. The van der Waals surface area contributed by atoms with Crippen molar-refractivity contribution < 1.29 is 14.2 Å². The second-order valence-electron chi connectivity index (χ2n) is 6.18. The van der Waals surface area contributed by atoms with Crippen LogP contribution < -0.4 is 30.8 Å². The lowest BCUT2D eigenvalue weighted by molar-refractivity contribution is 0.383. The molecule has 1 aromatic carbocycles. The molecule has 3 aromatic rings. The highest BCUT2D eigenvalue weighted by molar-refractivity contribution is 7.22. The van der Waals surface area contributed by atoms with Crippen LogP contribution >= 0.6 is 11.3 Å². The largest absolute Gasteiger partial charge is 0.497 e. The molecule has 0 radical (unpaired) electrons. The molecular weight excluding hydrogens is 394 g/mol. The number of hydrogen-bond acceptors (Lipinski definition) is 9. The maximum absolute atomic E-state index is 13.0. The summed E-state index contributed by atoms with van der Waals surface area (Å²) in [5, 5.41) is 13.3. The number of fused-ring (bicyclic) bond motifs is 3. The van der Waals surface area contributed by atoms with E-state index < -0.39 is 11.5 Å². The summed E-state index contributed by atoms with van der Waals surface area (Å²) in [6, 6.07) is 7.25. The number of benzene rings is 1. The van der Waals surface area contributed by atoms with Crippen molar-refractivity contribution in [2.45, 2.75) is 5.92 Å². The minimum atomic E-state index is -0.766. The Hall–Kier alpha value is -3.71.